The van der Waals surface area contributed by atoms with E-state index in [0.717, 1.165) is 16.8 Å². The summed E-state index contributed by atoms with van der Waals surface area (Å²) in [7, 11) is 3.31. The second-order valence-corrected chi connectivity index (χ2v) is 8.60. The van der Waals surface area contributed by atoms with Crippen LogP contribution in [0.2, 0.25) is 0 Å². The molecule has 1 aliphatic heterocycles. The summed E-state index contributed by atoms with van der Waals surface area (Å²) in [6.45, 7) is 2.05. The highest BCUT2D eigenvalue weighted by Crippen LogP contribution is 2.40. The zero-order valence-electron chi connectivity index (χ0n) is 19.3. The van der Waals surface area contributed by atoms with Crippen molar-refractivity contribution in [3.8, 4) is 34.2 Å². The Hall–Kier alpha value is -4.26. The monoisotopic (exact) mass is 476 g/mol. The molecule has 0 radical (unpaired) electrons. The van der Waals surface area contributed by atoms with E-state index in [-0.39, 0.29) is 11.8 Å². The predicted molar refractivity (Wildman–Crippen MR) is 125 cm³/mol. The van der Waals surface area contributed by atoms with Crippen LogP contribution in [-0.2, 0) is 13.6 Å². The molecule has 4 aromatic rings. The molecule has 1 atom stereocenters. The molecule has 1 N–H and O–H groups in total. The Bertz CT molecular complexity index is 1510. The molecule has 10 heteroatoms. The van der Waals surface area contributed by atoms with Gasteiger partial charge in [0.2, 0.25) is 0 Å². The number of hydrogen-bond acceptors (Lipinski definition) is 5. The van der Waals surface area contributed by atoms with Crippen LogP contribution >= 0.6 is 0 Å². The van der Waals surface area contributed by atoms with E-state index >= 15 is 0 Å². The number of alkyl halides is 2. The predicted octanol–water partition coefficient (Wildman–Crippen LogP) is 4.10. The number of fused-ring (bicyclic) bond motifs is 2. The Morgan fingerprint density at radius 2 is 2.06 bits per heavy atom. The lowest BCUT2D eigenvalue weighted by Crippen LogP contribution is -2.34. The molecule has 3 heterocycles. The van der Waals surface area contributed by atoms with E-state index in [1.807, 2.05) is 19.1 Å². The second-order valence-electron chi connectivity index (χ2n) is 8.60. The van der Waals surface area contributed by atoms with Crippen molar-refractivity contribution in [2.75, 3.05) is 13.7 Å². The number of methoxy groups -OCH3 is 1. The van der Waals surface area contributed by atoms with Crippen LogP contribution in [-0.4, -0.2) is 45.5 Å². The van der Waals surface area contributed by atoms with Gasteiger partial charge < -0.3 is 10.1 Å². The van der Waals surface area contributed by atoms with E-state index in [1.54, 1.807) is 23.9 Å². The van der Waals surface area contributed by atoms with Gasteiger partial charge in [0.1, 0.15) is 12.3 Å². The molecule has 35 heavy (non-hydrogen) atoms. The summed E-state index contributed by atoms with van der Waals surface area (Å²) in [4.78, 5) is 12.5. The molecule has 0 aliphatic carbocycles. The van der Waals surface area contributed by atoms with Gasteiger partial charge in [-0.05, 0) is 41.3 Å². The zero-order chi connectivity index (χ0) is 24.9. The van der Waals surface area contributed by atoms with Gasteiger partial charge in [0.05, 0.1) is 41.7 Å². The van der Waals surface area contributed by atoms with Gasteiger partial charge in [0.25, 0.3) is 12.3 Å². The zero-order valence-corrected chi connectivity index (χ0v) is 19.3. The quantitative estimate of drug-likeness (QED) is 0.468. The van der Waals surface area contributed by atoms with Gasteiger partial charge in [-0.2, -0.15) is 15.5 Å². The summed E-state index contributed by atoms with van der Waals surface area (Å²) in [5, 5.41) is 22.2. The fourth-order valence-corrected chi connectivity index (χ4v) is 4.68. The minimum Gasteiger partial charge on any atom is -0.496 e. The van der Waals surface area contributed by atoms with Gasteiger partial charge in [-0.1, -0.05) is 6.92 Å². The largest absolute Gasteiger partial charge is 0.496 e. The molecular formula is C25H22F2N6O2. The summed E-state index contributed by atoms with van der Waals surface area (Å²) >= 11 is 0. The van der Waals surface area contributed by atoms with E-state index in [4.69, 9.17) is 4.74 Å². The number of nitrogens with one attached hydrogen (secondary N) is 1. The maximum atomic E-state index is 12.7. The molecule has 0 bridgehead atoms. The number of halogens is 2. The van der Waals surface area contributed by atoms with E-state index in [0.29, 0.717) is 45.5 Å². The first-order valence-electron chi connectivity index (χ1n) is 11.0. The fourth-order valence-electron chi connectivity index (χ4n) is 4.68. The van der Waals surface area contributed by atoms with Gasteiger partial charge in [-0.3, -0.25) is 14.2 Å². The normalized spacial score (nSPS) is 15.2. The van der Waals surface area contributed by atoms with Gasteiger partial charge >= 0.3 is 0 Å². The van der Waals surface area contributed by atoms with Gasteiger partial charge in [0, 0.05) is 36.3 Å². The SMILES string of the molecule is COc1cc(-c2c3c(C#N)cc(-c4cnn(CC(F)F)c4)cc3nn2C)cc2c1C(=O)NC[C@@H]2C. The maximum Gasteiger partial charge on any atom is 0.257 e. The average molecular weight is 476 g/mol. The Labute approximate surface area is 199 Å². The number of nitrogens with zero attached hydrogens (tertiary/aromatic N) is 5. The summed E-state index contributed by atoms with van der Waals surface area (Å²) in [6, 6.07) is 9.53. The van der Waals surface area contributed by atoms with Crippen molar-refractivity contribution in [1.29, 1.82) is 5.26 Å². The number of rotatable bonds is 5. The number of amides is 1. The highest BCUT2D eigenvalue weighted by atomic mass is 19.3. The first-order chi connectivity index (χ1) is 16.8. The van der Waals surface area contributed by atoms with Gasteiger partial charge in [-0.15, -0.1) is 0 Å². The van der Waals surface area contributed by atoms with Crippen molar-refractivity contribution in [3.05, 3.63) is 53.3 Å². The number of carbonyl (C=O) groups is 1. The topological polar surface area (TPSA) is 97.8 Å². The van der Waals surface area contributed by atoms with Crippen LogP contribution in [0.1, 0.15) is 34.3 Å². The molecule has 5 rings (SSSR count). The molecule has 0 fully saturated rings. The van der Waals surface area contributed by atoms with Crippen LogP contribution in [0.25, 0.3) is 33.3 Å². The fraction of sp³-hybridized carbons (Fsp3) is 0.280. The first-order valence-corrected chi connectivity index (χ1v) is 11.0. The van der Waals surface area contributed by atoms with Crippen molar-refractivity contribution in [1.82, 2.24) is 24.9 Å². The van der Waals surface area contributed by atoms with Crippen LogP contribution in [0.3, 0.4) is 0 Å². The molecule has 2 aromatic carbocycles. The molecule has 1 amide bonds. The summed E-state index contributed by atoms with van der Waals surface area (Å²) < 4.78 is 33.9. The molecule has 2 aromatic heterocycles. The first kappa shape index (κ1) is 22.5. The lowest BCUT2D eigenvalue weighted by Gasteiger charge is -2.25. The molecule has 0 unspecified atom stereocenters. The molecule has 178 valence electrons. The molecule has 0 saturated heterocycles. The Morgan fingerprint density at radius 3 is 2.77 bits per heavy atom. The number of benzene rings is 2. The minimum atomic E-state index is -2.51. The molecular weight excluding hydrogens is 454 g/mol. The number of aromatic nitrogens is 4. The minimum absolute atomic E-state index is 0.0860. The molecule has 8 nitrogen and oxygen atoms in total. The van der Waals surface area contributed by atoms with Crippen LogP contribution in [0.4, 0.5) is 8.78 Å². The van der Waals surface area contributed by atoms with E-state index in [1.165, 1.54) is 24.2 Å². The van der Waals surface area contributed by atoms with E-state index in [9.17, 15) is 18.8 Å². The van der Waals surface area contributed by atoms with E-state index in [2.05, 4.69) is 21.6 Å². The van der Waals surface area contributed by atoms with Crippen molar-refractivity contribution in [2.24, 2.45) is 7.05 Å². The third-order valence-corrected chi connectivity index (χ3v) is 6.30. The maximum absolute atomic E-state index is 12.7. The number of aryl methyl sites for hydroxylation is 1. The van der Waals surface area contributed by atoms with E-state index < -0.39 is 13.0 Å². The third-order valence-electron chi connectivity index (χ3n) is 6.30. The summed E-state index contributed by atoms with van der Waals surface area (Å²) in [6.07, 6.45) is 0.509. The van der Waals surface area contributed by atoms with Crippen LogP contribution < -0.4 is 10.1 Å². The highest BCUT2D eigenvalue weighted by molar-refractivity contribution is 6.03. The van der Waals surface area contributed by atoms with Crippen molar-refractivity contribution in [3.63, 3.8) is 0 Å². The number of carbonyl (C=O) groups excluding carboxylic acids is 1. The highest BCUT2D eigenvalue weighted by Gasteiger charge is 2.28. The van der Waals surface area contributed by atoms with Crippen LogP contribution in [0.15, 0.2) is 36.7 Å². The van der Waals surface area contributed by atoms with Crippen molar-refractivity contribution >= 4 is 16.8 Å². The smallest absolute Gasteiger partial charge is 0.257 e. The second kappa shape index (κ2) is 8.51. The van der Waals surface area contributed by atoms with Crippen LogP contribution in [0, 0.1) is 11.3 Å². The lowest BCUT2D eigenvalue weighted by molar-refractivity contribution is 0.0937. The molecule has 1 aliphatic rings. The standard InChI is InChI=1S/C25H22F2N6O2/c1-13-9-29-25(34)23-18(13)5-15(7-20(23)35-3)24-22-16(8-28)4-14(6-19(22)31-32(24)2)17-10-30-33(11-17)12-21(26)27/h4-7,10-11,13,21H,9,12H2,1-3H3,(H,29,34)/t13-/m0/s1. The number of nitriles is 1. The Kier molecular flexibility index (Phi) is 5.47. The summed E-state index contributed by atoms with van der Waals surface area (Å²) in [5.74, 6) is 0.367. The average Bonchev–Trinajstić information content (AvgIpc) is 3.43. The van der Waals surface area contributed by atoms with Crippen molar-refractivity contribution in [2.45, 2.75) is 25.8 Å². The van der Waals surface area contributed by atoms with Crippen LogP contribution in [0.5, 0.6) is 5.75 Å². The Morgan fingerprint density at radius 1 is 1.26 bits per heavy atom. The third kappa shape index (κ3) is 3.79. The molecule has 0 spiro atoms. The van der Waals surface area contributed by atoms with Crippen molar-refractivity contribution < 1.29 is 18.3 Å². The number of hydrogen-bond donors (Lipinski definition) is 1. The lowest BCUT2D eigenvalue weighted by atomic mass is 9.88. The Balaban J connectivity index is 1.69. The van der Waals surface area contributed by atoms with Gasteiger partial charge in [0.15, 0.2) is 0 Å². The van der Waals surface area contributed by atoms with Gasteiger partial charge in [-0.25, -0.2) is 8.78 Å². The summed E-state index contributed by atoms with van der Waals surface area (Å²) in [5.41, 5.74) is 5.14. The number of ether oxygens (including phenoxy) is 1. The molecule has 0 saturated carbocycles.